The molecule has 1 saturated carbocycles. The zero-order valence-electron chi connectivity index (χ0n) is 12.4. The molecule has 2 heterocycles. The molecule has 2 fully saturated rings. The first-order valence-corrected chi connectivity index (χ1v) is 9.22. The minimum atomic E-state index is -3.22. The highest BCUT2D eigenvalue weighted by molar-refractivity contribution is 7.88. The number of sulfonamides is 1. The molecule has 0 bridgehead atoms. The number of furan rings is 1. The number of hydrogen-bond donors (Lipinski definition) is 1. The Labute approximate surface area is 129 Å². The third kappa shape index (κ3) is 3.04. The van der Waals surface area contributed by atoms with Crippen LogP contribution >= 0.6 is 0 Å². The molecule has 1 aliphatic carbocycles. The van der Waals surface area contributed by atoms with Crippen LogP contribution in [0.5, 0.6) is 0 Å². The summed E-state index contributed by atoms with van der Waals surface area (Å²) in [5, 5.41) is 2.83. The van der Waals surface area contributed by atoms with Gasteiger partial charge in [0.1, 0.15) is 0 Å². The van der Waals surface area contributed by atoms with Crippen molar-refractivity contribution >= 4 is 15.9 Å². The van der Waals surface area contributed by atoms with Crippen LogP contribution in [0.4, 0.5) is 0 Å². The molecule has 3 rings (SSSR count). The van der Waals surface area contributed by atoms with Gasteiger partial charge >= 0.3 is 0 Å². The lowest BCUT2D eigenvalue weighted by Crippen LogP contribution is -2.53. The molecule has 3 unspecified atom stereocenters. The number of amides is 1. The Balaban J connectivity index is 1.61. The molecular weight excluding hydrogens is 308 g/mol. The fraction of sp³-hybridized carbons (Fsp3) is 0.643. The number of carbonyl (C=O) groups excluding carboxylic acids is 1. The summed E-state index contributed by atoms with van der Waals surface area (Å²) in [6, 6.07) is 3.15. The fourth-order valence-electron chi connectivity index (χ4n) is 3.38. The highest BCUT2D eigenvalue weighted by Gasteiger charge is 2.45. The van der Waals surface area contributed by atoms with Gasteiger partial charge in [-0.15, -0.1) is 0 Å². The number of rotatable bonds is 4. The van der Waals surface area contributed by atoms with E-state index in [4.69, 9.17) is 9.15 Å². The molecule has 8 heteroatoms. The second-order valence-corrected chi connectivity index (χ2v) is 7.74. The highest BCUT2D eigenvalue weighted by atomic mass is 32.2. The predicted octanol–water partition coefficient (Wildman–Crippen LogP) is 0.448. The van der Waals surface area contributed by atoms with Crippen molar-refractivity contribution in [1.82, 2.24) is 9.62 Å². The van der Waals surface area contributed by atoms with Gasteiger partial charge in [0, 0.05) is 19.0 Å². The van der Waals surface area contributed by atoms with E-state index in [2.05, 4.69) is 5.32 Å². The molecule has 2 aliphatic rings. The predicted molar refractivity (Wildman–Crippen MR) is 78.8 cm³/mol. The number of fused-ring (bicyclic) bond motifs is 1. The Morgan fingerprint density at radius 1 is 1.45 bits per heavy atom. The monoisotopic (exact) mass is 328 g/mol. The molecule has 0 aromatic carbocycles. The van der Waals surface area contributed by atoms with E-state index < -0.39 is 10.0 Å². The maximum Gasteiger partial charge on any atom is 0.286 e. The van der Waals surface area contributed by atoms with E-state index in [0.29, 0.717) is 19.7 Å². The van der Waals surface area contributed by atoms with E-state index in [1.165, 1.54) is 16.8 Å². The summed E-state index contributed by atoms with van der Waals surface area (Å²) in [5.74, 6) is 0.134. The summed E-state index contributed by atoms with van der Waals surface area (Å²) >= 11 is 0. The van der Waals surface area contributed by atoms with Gasteiger partial charge in [0.25, 0.3) is 5.91 Å². The average molecular weight is 328 g/mol. The lowest BCUT2D eigenvalue weighted by atomic mass is 10.0. The number of nitrogens with one attached hydrogen (secondary N) is 1. The molecule has 0 spiro atoms. The summed E-state index contributed by atoms with van der Waals surface area (Å²) in [5.41, 5.74) is 0. The first-order chi connectivity index (χ1) is 10.5. The van der Waals surface area contributed by atoms with E-state index in [1.54, 1.807) is 12.1 Å². The number of hydrogen-bond acceptors (Lipinski definition) is 5. The zero-order valence-corrected chi connectivity index (χ0v) is 13.2. The molecule has 1 aromatic heterocycles. The maximum absolute atomic E-state index is 11.9. The number of carbonyl (C=O) groups is 1. The summed E-state index contributed by atoms with van der Waals surface area (Å²) < 4.78 is 36.1. The largest absolute Gasteiger partial charge is 0.459 e. The van der Waals surface area contributed by atoms with Gasteiger partial charge in [0.2, 0.25) is 10.0 Å². The first-order valence-electron chi connectivity index (χ1n) is 7.37. The quantitative estimate of drug-likeness (QED) is 0.867. The Hall–Kier alpha value is -1.38. The van der Waals surface area contributed by atoms with Crippen LogP contribution in [0.1, 0.15) is 23.4 Å². The van der Waals surface area contributed by atoms with E-state index >= 15 is 0 Å². The number of nitrogens with zero attached hydrogens (tertiary/aromatic N) is 1. The second-order valence-electron chi connectivity index (χ2n) is 5.80. The minimum Gasteiger partial charge on any atom is -0.459 e. The van der Waals surface area contributed by atoms with Crippen LogP contribution in [0.15, 0.2) is 22.8 Å². The van der Waals surface area contributed by atoms with Crippen LogP contribution in [0.3, 0.4) is 0 Å². The van der Waals surface area contributed by atoms with Crippen LogP contribution in [0.25, 0.3) is 0 Å². The number of ether oxygens (including phenoxy) is 1. The van der Waals surface area contributed by atoms with E-state index in [1.807, 2.05) is 0 Å². The Morgan fingerprint density at radius 3 is 2.95 bits per heavy atom. The molecule has 1 saturated heterocycles. The van der Waals surface area contributed by atoms with Gasteiger partial charge in [0.05, 0.1) is 31.3 Å². The summed E-state index contributed by atoms with van der Waals surface area (Å²) in [6.07, 6.45) is 4.13. The van der Waals surface area contributed by atoms with Crippen molar-refractivity contribution in [2.45, 2.75) is 25.0 Å². The summed E-state index contributed by atoms with van der Waals surface area (Å²) in [4.78, 5) is 11.9. The third-order valence-electron chi connectivity index (χ3n) is 4.36. The van der Waals surface area contributed by atoms with Crippen molar-refractivity contribution in [3.63, 3.8) is 0 Å². The van der Waals surface area contributed by atoms with Crippen molar-refractivity contribution in [2.75, 3.05) is 26.0 Å². The van der Waals surface area contributed by atoms with Gasteiger partial charge in [-0.25, -0.2) is 8.42 Å². The maximum atomic E-state index is 11.9. The molecule has 7 nitrogen and oxygen atoms in total. The molecule has 1 N–H and O–H groups in total. The van der Waals surface area contributed by atoms with Gasteiger partial charge in [-0.3, -0.25) is 4.79 Å². The summed E-state index contributed by atoms with van der Waals surface area (Å²) in [7, 11) is -3.22. The van der Waals surface area contributed by atoms with Crippen LogP contribution in [0, 0.1) is 5.92 Å². The van der Waals surface area contributed by atoms with Gasteiger partial charge in [-0.1, -0.05) is 0 Å². The smallest absolute Gasteiger partial charge is 0.286 e. The van der Waals surface area contributed by atoms with Crippen LogP contribution in [-0.4, -0.2) is 56.7 Å². The van der Waals surface area contributed by atoms with Crippen molar-refractivity contribution in [1.29, 1.82) is 0 Å². The Kier molecular flexibility index (Phi) is 4.24. The van der Waals surface area contributed by atoms with E-state index in [0.717, 1.165) is 12.8 Å². The molecule has 1 amide bonds. The standard InChI is InChI=1S/C14H20N2O5S/c1-22(18,19)16-6-8-21-13-10(4-5-11(13)16)9-15-14(17)12-3-2-7-20-12/h2-3,7,10-11,13H,4-6,8-9H2,1H3,(H,15,17). The second kappa shape index (κ2) is 6.02. The van der Waals surface area contributed by atoms with Crippen molar-refractivity contribution < 1.29 is 22.4 Å². The van der Waals surface area contributed by atoms with Crippen molar-refractivity contribution in [3.05, 3.63) is 24.2 Å². The van der Waals surface area contributed by atoms with E-state index in [9.17, 15) is 13.2 Å². The third-order valence-corrected chi connectivity index (χ3v) is 5.67. The fourth-order valence-corrected chi connectivity index (χ4v) is 4.50. The van der Waals surface area contributed by atoms with Crippen molar-refractivity contribution in [2.24, 2.45) is 5.92 Å². The topological polar surface area (TPSA) is 88.9 Å². The summed E-state index contributed by atoms with van der Waals surface area (Å²) in [6.45, 7) is 1.26. The molecule has 1 aliphatic heterocycles. The lowest BCUT2D eigenvalue weighted by Gasteiger charge is -2.37. The normalized spacial score (nSPS) is 29.2. The molecule has 1 aromatic rings. The molecule has 3 atom stereocenters. The van der Waals surface area contributed by atoms with Crippen LogP contribution < -0.4 is 5.32 Å². The van der Waals surface area contributed by atoms with E-state index in [-0.39, 0.29) is 29.7 Å². The van der Waals surface area contributed by atoms with Gasteiger partial charge in [-0.05, 0) is 25.0 Å². The van der Waals surface area contributed by atoms with Gasteiger partial charge in [0.15, 0.2) is 5.76 Å². The molecule has 122 valence electrons. The first kappa shape index (κ1) is 15.5. The van der Waals surface area contributed by atoms with Gasteiger partial charge < -0.3 is 14.5 Å². The highest BCUT2D eigenvalue weighted by Crippen LogP contribution is 2.35. The Morgan fingerprint density at radius 2 is 2.27 bits per heavy atom. The van der Waals surface area contributed by atoms with Crippen molar-refractivity contribution in [3.8, 4) is 0 Å². The van der Waals surface area contributed by atoms with Gasteiger partial charge in [-0.2, -0.15) is 4.31 Å². The Bertz CT molecular complexity index is 628. The zero-order chi connectivity index (χ0) is 15.7. The molecule has 22 heavy (non-hydrogen) atoms. The molecule has 0 radical (unpaired) electrons. The molecular formula is C14H20N2O5S. The minimum absolute atomic E-state index is 0.116. The van der Waals surface area contributed by atoms with Crippen LogP contribution in [0.2, 0.25) is 0 Å². The number of morpholine rings is 1. The van der Waals surface area contributed by atoms with Crippen LogP contribution in [-0.2, 0) is 14.8 Å². The average Bonchev–Trinajstić information content (AvgIpc) is 3.13. The lowest BCUT2D eigenvalue weighted by molar-refractivity contribution is -0.0448. The SMILES string of the molecule is CS(=O)(=O)N1CCOC2C(CNC(=O)c3ccco3)CCC21.